The molecule has 7 nitrogen and oxygen atoms in total. The van der Waals surface area contributed by atoms with Crippen LogP contribution in [0.4, 0.5) is 0 Å². The van der Waals surface area contributed by atoms with Crippen molar-refractivity contribution < 1.29 is 5.11 Å². The average molecular weight is 303 g/mol. The number of aromatic nitrogens is 4. The second-order valence-electron chi connectivity index (χ2n) is 5.64. The Morgan fingerprint density at radius 1 is 1.41 bits per heavy atom. The first-order valence-corrected chi connectivity index (χ1v) is 7.63. The molecule has 7 heteroatoms. The van der Waals surface area contributed by atoms with E-state index in [2.05, 4.69) is 15.1 Å². The number of hydrogen-bond acceptors (Lipinski definition) is 5. The van der Waals surface area contributed by atoms with E-state index in [9.17, 15) is 9.90 Å². The molecule has 0 aliphatic carbocycles. The first-order chi connectivity index (χ1) is 10.7. The van der Waals surface area contributed by atoms with E-state index in [-0.39, 0.29) is 5.56 Å². The van der Waals surface area contributed by atoms with E-state index >= 15 is 0 Å². The summed E-state index contributed by atoms with van der Waals surface area (Å²) in [6.45, 7) is 5.07. The quantitative estimate of drug-likeness (QED) is 0.833. The van der Waals surface area contributed by atoms with Gasteiger partial charge in [0.05, 0.1) is 18.3 Å². The molecule has 0 saturated heterocycles. The number of fused-ring (bicyclic) bond motifs is 1. The summed E-state index contributed by atoms with van der Waals surface area (Å²) in [5.41, 5.74) is 1.92. The third-order valence-electron chi connectivity index (χ3n) is 3.95. The number of rotatable bonds is 5. The molecule has 2 aromatic heterocycles. The normalized spacial score (nSPS) is 16.5. The van der Waals surface area contributed by atoms with Crippen molar-refractivity contribution in [2.75, 3.05) is 13.1 Å². The van der Waals surface area contributed by atoms with Crippen molar-refractivity contribution in [2.45, 2.75) is 39.1 Å². The number of hydrogen-bond donors (Lipinski definition) is 1. The minimum atomic E-state index is -0.481. The zero-order chi connectivity index (χ0) is 15.5. The first-order valence-electron chi connectivity index (χ1n) is 7.63. The van der Waals surface area contributed by atoms with Gasteiger partial charge in [0.25, 0.3) is 5.56 Å². The second kappa shape index (κ2) is 6.41. The fourth-order valence-electron chi connectivity index (χ4n) is 2.86. The van der Waals surface area contributed by atoms with Gasteiger partial charge in [0.1, 0.15) is 0 Å². The Balaban J connectivity index is 1.64. The predicted molar refractivity (Wildman–Crippen MR) is 81.4 cm³/mol. The van der Waals surface area contributed by atoms with Crippen LogP contribution in [-0.2, 0) is 26.1 Å². The van der Waals surface area contributed by atoms with Gasteiger partial charge in [-0.2, -0.15) is 10.2 Å². The molecule has 0 radical (unpaired) electrons. The van der Waals surface area contributed by atoms with Gasteiger partial charge in [0, 0.05) is 51.1 Å². The molecule has 1 unspecified atom stereocenters. The standard InChI is InChI=1S/C15H21N5O2/c1-2-20-15(22)8-12-9-18(7-4-14(12)17-20)10-13(21)11-19-6-3-5-16-19/h3,5-6,8,13,21H,2,4,7,9-11H2,1H3. The Morgan fingerprint density at radius 2 is 2.27 bits per heavy atom. The third kappa shape index (κ3) is 3.26. The molecular formula is C15H21N5O2. The molecule has 3 rings (SSSR count). The van der Waals surface area contributed by atoms with Crippen molar-refractivity contribution in [3.8, 4) is 0 Å². The van der Waals surface area contributed by atoms with Crippen LogP contribution in [0.2, 0.25) is 0 Å². The number of aliphatic hydroxyl groups is 1. The molecule has 118 valence electrons. The summed E-state index contributed by atoms with van der Waals surface area (Å²) in [6, 6.07) is 3.52. The monoisotopic (exact) mass is 303 g/mol. The Kier molecular flexibility index (Phi) is 4.35. The highest BCUT2D eigenvalue weighted by Gasteiger charge is 2.21. The van der Waals surface area contributed by atoms with Crippen molar-refractivity contribution in [1.82, 2.24) is 24.5 Å². The lowest BCUT2D eigenvalue weighted by atomic mass is 10.1. The number of aryl methyl sites for hydroxylation is 1. The number of nitrogens with zero attached hydrogens (tertiary/aromatic N) is 5. The van der Waals surface area contributed by atoms with Gasteiger partial charge in [-0.15, -0.1) is 0 Å². The lowest BCUT2D eigenvalue weighted by molar-refractivity contribution is 0.0882. The molecular weight excluding hydrogens is 282 g/mol. The Labute approximate surface area is 128 Å². The van der Waals surface area contributed by atoms with Crippen LogP contribution in [-0.4, -0.2) is 48.8 Å². The molecule has 0 aromatic carbocycles. The highest BCUT2D eigenvalue weighted by molar-refractivity contribution is 5.20. The van der Waals surface area contributed by atoms with Gasteiger partial charge in [0.2, 0.25) is 0 Å². The van der Waals surface area contributed by atoms with Crippen LogP contribution in [0.1, 0.15) is 18.2 Å². The zero-order valence-corrected chi connectivity index (χ0v) is 12.7. The van der Waals surface area contributed by atoms with E-state index in [1.165, 1.54) is 4.68 Å². The predicted octanol–water partition coefficient (Wildman–Crippen LogP) is -0.121. The van der Waals surface area contributed by atoms with Gasteiger partial charge in [-0.25, -0.2) is 4.68 Å². The lowest BCUT2D eigenvalue weighted by Gasteiger charge is -2.29. The van der Waals surface area contributed by atoms with E-state index in [0.29, 0.717) is 26.2 Å². The van der Waals surface area contributed by atoms with Crippen molar-refractivity contribution >= 4 is 0 Å². The first kappa shape index (κ1) is 14.9. The Hall–Kier alpha value is -1.99. The summed E-state index contributed by atoms with van der Waals surface area (Å²) in [7, 11) is 0. The van der Waals surface area contributed by atoms with Crippen molar-refractivity contribution in [2.24, 2.45) is 0 Å². The Bertz CT molecular complexity index is 680. The van der Waals surface area contributed by atoms with E-state index in [0.717, 1.165) is 24.2 Å². The van der Waals surface area contributed by atoms with Gasteiger partial charge in [0.15, 0.2) is 0 Å². The van der Waals surface area contributed by atoms with E-state index < -0.39 is 6.10 Å². The summed E-state index contributed by atoms with van der Waals surface area (Å²) >= 11 is 0. The molecule has 1 aliphatic heterocycles. The highest BCUT2D eigenvalue weighted by atomic mass is 16.3. The van der Waals surface area contributed by atoms with Crippen LogP contribution in [0.5, 0.6) is 0 Å². The summed E-state index contributed by atoms with van der Waals surface area (Å²) in [5, 5.41) is 18.7. The molecule has 2 aromatic rings. The summed E-state index contributed by atoms with van der Waals surface area (Å²) in [6.07, 6.45) is 3.87. The van der Waals surface area contributed by atoms with Crippen LogP contribution in [0.25, 0.3) is 0 Å². The van der Waals surface area contributed by atoms with Gasteiger partial charge in [-0.1, -0.05) is 0 Å². The van der Waals surface area contributed by atoms with E-state index in [4.69, 9.17) is 0 Å². The highest BCUT2D eigenvalue weighted by Crippen LogP contribution is 2.15. The van der Waals surface area contributed by atoms with Crippen LogP contribution < -0.4 is 5.56 Å². The van der Waals surface area contributed by atoms with Gasteiger partial charge >= 0.3 is 0 Å². The van der Waals surface area contributed by atoms with E-state index in [1.54, 1.807) is 16.9 Å². The average Bonchev–Trinajstić information content (AvgIpc) is 2.99. The van der Waals surface area contributed by atoms with E-state index in [1.807, 2.05) is 19.2 Å². The fourth-order valence-corrected chi connectivity index (χ4v) is 2.86. The fraction of sp³-hybridized carbons (Fsp3) is 0.533. The summed E-state index contributed by atoms with van der Waals surface area (Å²) < 4.78 is 3.23. The second-order valence-corrected chi connectivity index (χ2v) is 5.64. The van der Waals surface area contributed by atoms with Crippen LogP contribution in [0.15, 0.2) is 29.3 Å². The maximum atomic E-state index is 11.9. The topological polar surface area (TPSA) is 76.2 Å². The van der Waals surface area contributed by atoms with Crippen molar-refractivity contribution in [3.05, 3.63) is 46.1 Å². The number of aliphatic hydroxyl groups excluding tert-OH is 1. The molecule has 22 heavy (non-hydrogen) atoms. The van der Waals surface area contributed by atoms with Gasteiger partial charge in [-0.05, 0) is 18.6 Å². The SMILES string of the molecule is CCn1nc2c(cc1=O)CN(CC(O)Cn1cccn1)CC2. The van der Waals surface area contributed by atoms with Gasteiger partial charge < -0.3 is 5.11 Å². The van der Waals surface area contributed by atoms with Crippen molar-refractivity contribution in [1.29, 1.82) is 0 Å². The van der Waals surface area contributed by atoms with Crippen LogP contribution in [0, 0.1) is 0 Å². The molecule has 0 bridgehead atoms. The minimum absolute atomic E-state index is 0.0554. The maximum absolute atomic E-state index is 11.9. The third-order valence-corrected chi connectivity index (χ3v) is 3.95. The summed E-state index contributed by atoms with van der Waals surface area (Å²) in [4.78, 5) is 14.0. The number of β-amino-alcohol motifs (C(OH)–C–C–N with tert-alkyl or cyclic N) is 1. The molecule has 3 heterocycles. The molecule has 0 spiro atoms. The van der Waals surface area contributed by atoms with Crippen molar-refractivity contribution in [3.63, 3.8) is 0 Å². The maximum Gasteiger partial charge on any atom is 0.267 e. The molecule has 1 atom stereocenters. The largest absolute Gasteiger partial charge is 0.390 e. The Morgan fingerprint density at radius 3 is 3.00 bits per heavy atom. The molecule has 0 amide bonds. The lowest BCUT2D eigenvalue weighted by Crippen LogP contribution is -2.40. The summed E-state index contributed by atoms with van der Waals surface area (Å²) in [5.74, 6) is 0. The van der Waals surface area contributed by atoms with Crippen LogP contribution >= 0.6 is 0 Å². The van der Waals surface area contributed by atoms with Crippen LogP contribution in [0.3, 0.4) is 0 Å². The molecule has 0 saturated carbocycles. The minimum Gasteiger partial charge on any atom is -0.390 e. The zero-order valence-electron chi connectivity index (χ0n) is 12.7. The molecule has 0 fully saturated rings. The smallest absolute Gasteiger partial charge is 0.267 e. The molecule has 1 N–H and O–H groups in total. The van der Waals surface area contributed by atoms with Gasteiger partial charge in [-0.3, -0.25) is 14.4 Å². The molecule has 1 aliphatic rings.